The first kappa shape index (κ1) is 12.9. The Hall–Kier alpha value is -1.17. The zero-order valence-corrected chi connectivity index (χ0v) is 10.9. The molecule has 1 rings (SSSR count). The Kier molecular flexibility index (Phi) is 3.85. The Morgan fingerprint density at radius 2 is 2.19 bits per heavy atom. The molecule has 0 saturated carbocycles. The van der Waals surface area contributed by atoms with E-state index in [4.69, 9.17) is 4.43 Å². The monoisotopic (exact) mass is 243 g/mol. The minimum atomic E-state index is -1.87. The lowest BCUT2D eigenvalue weighted by Gasteiger charge is -2.21. The van der Waals surface area contributed by atoms with E-state index in [1.165, 1.54) is 0 Å². The van der Waals surface area contributed by atoms with Crippen LogP contribution in [-0.4, -0.2) is 25.3 Å². The van der Waals surface area contributed by atoms with E-state index in [2.05, 4.69) is 0 Å². The van der Waals surface area contributed by atoms with E-state index in [0.717, 1.165) is 0 Å². The van der Waals surface area contributed by atoms with E-state index in [0.29, 0.717) is 24.8 Å². The molecule has 16 heavy (non-hydrogen) atoms. The molecule has 1 unspecified atom stereocenters. The molecule has 5 nitrogen and oxygen atoms in total. The maximum Gasteiger partial charge on any atom is 0.320 e. The van der Waals surface area contributed by atoms with E-state index in [-0.39, 0.29) is 10.9 Å². The number of nitro groups is 1. The van der Waals surface area contributed by atoms with Gasteiger partial charge in [0.15, 0.2) is 0 Å². The number of hydrogen-bond acceptors (Lipinski definition) is 4. The highest BCUT2D eigenvalue weighted by Crippen LogP contribution is 2.22. The van der Waals surface area contributed by atoms with E-state index in [9.17, 15) is 14.9 Å². The second-order valence-electron chi connectivity index (χ2n) is 4.94. The molecule has 0 amide bonds. The van der Waals surface area contributed by atoms with E-state index in [1.54, 1.807) is 6.08 Å². The van der Waals surface area contributed by atoms with Gasteiger partial charge in [-0.2, -0.15) is 0 Å². The zero-order valence-electron chi connectivity index (χ0n) is 9.86. The van der Waals surface area contributed by atoms with Gasteiger partial charge in [0.2, 0.25) is 14.4 Å². The average molecular weight is 243 g/mol. The minimum Gasteiger partial charge on any atom is -0.517 e. The maximum absolute atomic E-state index is 11.7. The molecule has 6 heteroatoms. The number of nitrogens with zero attached hydrogens (tertiary/aromatic N) is 1. The summed E-state index contributed by atoms with van der Waals surface area (Å²) in [5.41, 5.74) is 0.598. The van der Waals surface area contributed by atoms with Crippen LogP contribution >= 0.6 is 0 Å². The molecule has 0 heterocycles. The van der Waals surface area contributed by atoms with Gasteiger partial charge in [0.25, 0.3) is 0 Å². The second kappa shape index (κ2) is 4.78. The Balaban J connectivity index is 2.58. The van der Waals surface area contributed by atoms with Gasteiger partial charge < -0.3 is 4.43 Å². The van der Waals surface area contributed by atoms with Crippen molar-refractivity contribution in [2.75, 3.05) is 0 Å². The van der Waals surface area contributed by atoms with Crippen LogP contribution in [0, 0.1) is 10.1 Å². The largest absolute Gasteiger partial charge is 0.517 e. The van der Waals surface area contributed by atoms with Gasteiger partial charge in [0, 0.05) is 23.3 Å². The van der Waals surface area contributed by atoms with Crippen molar-refractivity contribution in [1.82, 2.24) is 0 Å². The number of carbonyl (C=O) groups excluding carboxylic acids is 1. The first-order valence-electron chi connectivity index (χ1n) is 5.35. The molecular formula is C10H17NO4Si. The van der Waals surface area contributed by atoms with Crippen LogP contribution in [0.15, 0.2) is 11.6 Å². The molecule has 0 aliphatic heterocycles. The predicted molar refractivity (Wildman–Crippen MR) is 62.2 cm³/mol. The van der Waals surface area contributed by atoms with Gasteiger partial charge in [-0.1, -0.05) is 6.08 Å². The summed E-state index contributed by atoms with van der Waals surface area (Å²) in [7, 11) is -1.87. The second-order valence-corrected chi connectivity index (χ2v) is 9.37. The van der Waals surface area contributed by atoms with Crippen LogP contribution in [-0.2, 0) is 9.22 Å². The molecule has 0 aromatic heterocycles. The Morgan fingerprint density at radius 3 is 2.56 bits per heavy atom. The van der Waals surface area contributed by atoms with E-state index < -0.39 is 14.4 Å². The van der Waals surface area contributed by atoms with Gasteiger partial charge in [-0.15, -0.1) is 0 Å². The smallest absolute Gasteiger partial charge is 0.320 e. The molecule has 0 aromatic carbocycles. The normalized spacial score (nSPS) is 21.2. The van der Waals surface area contributed by atoms with Crippen LogP contribution in [0.25, 0.3) is 0 Å². The van der Waals surface area contributed by atoms with Crippen LogP contribution in [0.5, 0.6) is 0 Å². The molecule has 0 spiro atoms. The van der Waals surface area contributed by atoms with Crippen molar-refractivity contribution < 1.29 is 14.1 Å². The molecule has 0 saturated heterocycles. The van der Waals surface area contributed by atoms with Crippen molar-refractivity contribution in [3.8, 4) is 0 Å². The summed E-state index contributed by atoms with van der Waals surface area (Å²) < 4.78 is 5.33. The summed E-state index contributed by atoms with van der Waals surface area (Å²) in [5, 5.41) is 10.5. The number of hydrogen-bond donors (Lipinski definition) is 0. The lowest BCUT2D eigenvalue weighted by atomic mass is 9.96. The topological polar surface area (TPSA) is 69.4 Å². The van der Waals surface area contributed by atoms with Crippen molar-refractivity contribution in [3.05, 3.63) is 21.8 Å². The average Bonchev–Trinajstić information content (AvgIpc) is 2.15. The quantitative estimate of drug-likeness (QED) is 0.432. The summed E-state index contributed by atoms with van der Waals surface area (Å²) in [5.74, 6) is -0.291. The van der Waals surface area contributed by atoms with Crippen LogP contribution in [0.1, 0.15) is 19.3 Å². The van der Waals surface area contributed by atoms with Gasteiger partial charge in [0.1, 0.15) is 0 Å². The fourth-order valence-corrected chi connectivity index (χ4v) is 2.23. The van der Waals surface area contributed by atoms with Crippen LogP contribution in [0.3, 0.4) is 0 Å². The van der Waals surface area contributed by atoms with Crippen molar-refractivity contribution in [1.29, 1.82) is 0 Å². The molecule has 90 valence electrons. The Morgan fingerprint density at radius 1 is 1.56 bits per heavy atom. The molecule has 1 aliphatic rings. The van der Waals surface area contributed by atoms with Gasteiger partial charge >= 0.3 is 5.97 Å². The third kappa shape index (κ3) is 3.77. The molecule has 1 atom stereocenters. The molecule has 0 aromatic rings. The Bertz CT molecular complexity index is 332. The van der Waals surface area contributed by atoms with Crippen molar-refractivity contribution in [2.45, 2.75) is 44.9 Å². The molecule has 0 radical (unpaired) electrons. The van der Waals surface area contributed by atoms with E-state index in [1.807, 2.05) is 19.6 Å². The molecule has 1 aliphatic carbocycles. The van der Waals surface area contributed by atoms with Crippen molar-refractivity contribution in [2.24, 2.45) is 0 Å². The number of rotatable bonds is 3. The highest BCUT2D eigenvalue weighted by molar-refractivity contribution is 6.71. The molecule has 0 N–H and O–H groups in total. The highest BCUT2D eigenvalue weighted by Gasteiger charge is 2.28. The summed E-state index contributed by atoms with van der Waals surface area (Å²) in [4.78, 5) is 21.9. The van der Waals surface area contributed by atoms with Gasteiger partial charge in [-0.05, 0) is 26.1 Å². The third-order valence-electron chi connectivity index (χ3n) is 2.34. The first-order valence-corrected chi connectivity index (χ1v) is 8.76. The lowest BCUT2D eigenvalue weighted by molar-refractivity contribution is -0.523. The molecular weight excluding hydrogens is 226 g/mol. The standard InChI is InChI=1S/C10H17NO4Si/c1-16(2,3)15-10(12)8-4-6-9(7-5-8)11(13)14/h4,9H,5-7H2,1-3H3. The van der Waals surface area contributed by atoms with Gasteiger partial charge in [0.05, 0.1) is 0 Å². The minimum absolute atomic E-state index is 0.281. The summed E-state index contributed by atoms with van der Waals surface area (Å²) in [6.07, 6.45) is 2.87. The molecule has 0 fully saturated rings. The third-order valence-corrected chi connectivity index (χ3v) is 3.14. The van der Waals surface area contributed by atoms with Crippen LogP contribution in [0.2, 0.25) is 19.6 Å². The van der Waals surface area contributed by atoms with Gasteiger partial charge in [-0.25, -0.2) is 4.79 Å². The SMILES string of the molecule is C[Si](C)(C)OC(=O)C1=CCC([N+](=O)[O-])CC1. The number of carbonyl (C=O) groups is 1. The summed E-state index contributed by atoms with van der Waals surface area (Å²) in [6.45, 7) is 5.82. The maximum atomic E-state index is 11.7. The Labute approximate surface area is 95.8 Å². The van der Waals surface area contributed by atoms with Crippen molar-refractivity contribution >= 4 is 14.3 Å². The zero-order chi connectivity index (χ0) is 12.3. The van der Waals surface area contributed by atoms with E-state index >= 15 is 0 Å². The highest BCUT2D eigenvalue weighted by atomic mass is 28.4. The fourth-order valence-electron chi connectivity index (χ4n) is 1.54. The van der Waals surface area contributed by atoms with Gasteiger partial charge in [-0.3, -0.25) is 10.1 Å². The van der Waals surface area contributed by atoms with Crippen molar-refractivity contribution in [3.63, 3.8) is 0 Å². The predicted octanol–water partition coefficient (Wildman–Crippen LogP) is 2.12. The van der Waals surface area contributed by atoms with Crippen LogP contribution < -0.4 is 0 Å². The lowest BCUT2D eigenvalue weighted by Crippen LogP contribution is -2.31. The fraction of sp³-hybridized carbons (Fsp3) is 0.700. The first-order chi connectivity index (χ1) is 7.29. The summed E-state index contributed by atoms with van der Waals surface area (Å²) in [6, 6.07) is -0.538. The summed E-state index contributed by atoms with van der Waals surface area (Å²) >= 11 is 0. The van der Waals surface area contributed by atoms with Crippen LogP contribution in [0.4, 0.5) is 0 Å². The molecule has 0 bridgehead atoms.